The first-order valence-corrected chi connectivity index (χ1v) is 6.30. The molecule has 0 aromatic rings. The van der Waals surface area contributed by atoms with E-state index in [4.69, 9.17) is 9.84 Å². The van der Waals surface area contributed by atoms with Crippen molar-refractivity contribution in [3.05, 3.63) is 0 Å². The lowest BCUT2D eigenvalue weighted by molar-refractivity contribution is -0.152. The maximum atomic E-state index is 11.8. The molecule has 7 heteroatoms. The Morgan fingerprint density at radius 2 is 1.95 bits per heavy atom. The predicted octanol–water partition coefficient (Wildman–Crippen LogP) is -0.398. The molecule has 1 saturated heterocycles. The summed E-state index contributed by atoms with van der Waals surface area (Å²) in [5, 5.41) is 11.3. The summed E-state index contributed by atoms with van der Waals surface area (Å²) in [5.74, 6) is -1.69. The predicted molar refractivity (Wildman–Crippen MR) is 66.4 cm³/mol. The lowest BCUT2D eigenvalue weighted by atomic mass is 10.2. The summed E-state index contributed by atoms with van der Waals surface area (Å²) < 4.78 is 5.12. The molecule has 1 fully saturated rings. The third-order valence-corrected chi connectivity index (χ3v) is 3.17. The number of carboxylic acid groups (broad SMARTS) is 1. The van der Waals surface area contributed by atoms with Gasteiger partial charge in [0, 0.05) is 13.6 Å². The average Bonchev–Trinajstić information content (AvgIpc) is 2.86. The van der Waals surface area contributed by atoms with Crippen molar-refractivity contribution in [3.8, 4) is 0 Å². The van der Waals surface area contributed by atoms with E-state index in [0.29, 0.717) is 19.4 Å². The molecule has 2 amide bonds. The molecule has 0 spiro atoms. The molecule has 1 aliphatic rings. The van der Waals surface area contributed by atoms with Crippen LogP contribution in [0.3, 0.4) is 0 Å². The molecular formula is C12H20N2O5. The lowest BCUT2D eigenvalue weighted by Crippen LogP contribution is -2.48. The Morgan fingerprint density at radius 1 is 1.37 bits per heavy atom. The monoisotopic (exact) mass is 272 g/mol. The molecule has 0 radical (unpaired) electrons. The standard InChI is InChI=1S/C12H20N2O5/c1-4-14(3)11(16)7(2)13-10(15)8-5-6-9(19-8)12(17)18/h7-9H,4-6H2,1-3H3,(H,13,15)(H,17,18). The molecule has 1 aliphatic heterocycles. The van der Waals surface area contributed by atoms with Crippen LogP contribution in [0.25, 0.3) is 0 Å². The van der Waals surface area contributed by atoms with Gasteiger partial charge in [-0.15, -0.1) is 0 Å². The van der Waals surface area contributed by atoms with E-state index in [1.807, 2.05) is 6.92 Å². The van der Waals surface area contributed by atoms with Gasteiger partial charge in [-0.3, -0.25) is 9.59 Å². The van der Waals surface area contributed by atoms with Crippen molar-refractivity contribution < 1.29 is 24.2 Å². The number of likely N-dealkylation sites (N-methyl/N-ethyl adjacent to an activating group) is 1. The van der Waals surface area contributed by atoms with Gasteiger partial charge in [0.05, 0.1) is 0 Å². The Morgan fingerprint density at radius 3 is 2.42 bits per heavy atom. The number of carboxylic acids is 1. The van der Waals surface area contributed by atoms with E-state index in [1.165, 1.54) is 4.90 Å². The van der Waals surface area contributed by atoms with Crippen LogP contribution in [0.5, 0.6) is 0 Å². The molecule has 108 valence electrons. The fourth-order valence-corrected chi connectivity index (χ4v) is 1.87. The fourth-order valence-electron chi connectivity index (χ4n) is 1.87. The van der Waals surface area contributed by atoms with Crippen LogP contribution in [0.4, 0.5) is 0 Å². The van der Waals surface area contributed by atoms with Crippen molar-refractivity contribution in [1.29, 1.82) is 0 Å². The van der Waals surface area contributed by atoms with Crippen LogP contribution in [0.1, 0.15) is 26.7 Å². The van der Waals surface area contributed by atoms with Gasteiger partial charge in [-0.05, 0) is 26.7 Å². The Balaban J connectivity index is 2.48. The highest BCUT2D eigenvalue weighted by Crippen LogP contribution is 2.20. The maximum absolute atomic E-state index is 11.8. The second-order valence-electron chi connectivity index (χ2n) is 4.61. The molecule has 3 unspecified atom stereocenters. The number of carbonyl (C=O) groups excluding carboxylic acids is 2. The number of amides is 2. The van der Waals surface area contributed by atoms with Crippen LogP contribution in [-0.4, -0.2) is 59.6 Å². The first-order chi connectivity index (χ1) is 8.86. The number of hydrogen-bond acceptors (Lipinski definition) is 4. The van der Waals surface area contributed by atoms with Crippen LogP contribution >= 0.6 is 0 Å². The zero-order valence-corrected chi connectivity index (χ0v) is 11.4. The SMILES string of the molecule is CCN(C)C(=O)C(C)NC(=O)C1CCC(C(=O)O)O1. The molecule has 0 saturated carbocycles. The minimum atomic E-state index is -1.06. The quantitative estimate of drug-likeness (QED) is 0.710. The summed E-state index contributed by atoms with van der Waals surface area (Å²) >= 11 is 0. The van der Waals surface area contributed by atoms with Crippen molar-refractivity contribution in [2.75, 3.05) is 13.6 Å². The van der Waals surface area contributed by atoms with Gasteiger partial charge >= 0.3 is 5.97 Å². The first-order valence-electron chi connectivity index (χ1n) is 6.30. The van der Waals surface area contributed by atoms with Crippen LogP contribution in [-0.2, 0) is 19.1 Å². The second-order valence-corrected chi connectivity index (χ2v) is 4.61. The summed E-state index contributed by atoms with van der Waals surface area (Å²) in [6.07, 6.45) is -1.05. The van der Waals surface area contributed by atoms with Gasteiger partial charge in [0.15, 0.2) is 6.10 Å². The highest BCUT2D eigenvalue weighted by molar-refractivity contribution is 5.89. The van der Waals surface area contributed by atoms with Gasteiger partial charge in [-0.25, -0.2) is 4.79 Å². The largest absolute Gasteiger partial charge is 0.479 e. The number of hydrogen-bond donors (Lipinski definition) is 2. The van der Waals surface area contributed by atoms with Crippen LogP contribution in [0.2, 0.25) is 0 Å². The molecule has 3 atom stereocenters. The van der Waals surface area contributed by atoms with Gasteiger partial charge in [-0.1, -0.05) is 0 Å². The topological polar surface area (TPSA) is 95.9 Å². The molecule has 19 heavy (non-hydrogen) atoms. The van der Waals surface area contributed by atoms with E-state index in [2.05, 4.69) is 5.32 Å². The number of nitrogens with zero attached hydrogens (tertiary/aromatic N) is 1. The zero-order valence-electron chi connectivity index (χ0n) is 11.4. The van der Waals surface area contributed by atoms with E-state index in [9.17, 15) is 14.4 Å². The van der Waals surface area contributed by atoms with E-state index in [0.717, 1.165) is 0 Å². The van der Waals surface area contributed by atoms with Crippen LogP contribution in [0.15, 0.2) is 0 Å². The van der Waals surface area contributed by atoms with Crippen LogP contribution < -0.4 is 5.32 Å². The summed E-state index contributed by atoms with van der Waals surface area (Å²) in [4.78, 5) is 35.8. The van der Waals surface area contributed by atoms with Crippen molar-refractivity contribution in [1.82, 2.24) is 10.2 Å². The van der Waals surface area contributed by atoms with Gasteiger partial charge in [0.1, 0.15) is 12.1 Å². The number of carbonyl (C=O) groups is 3. The van der Waals surface area contributed by atoms with Crippen LogP contribution in [0, 0.1) is 0 Å². The zero-order chi connectivity index (χ0) is 14.6. The van der Waals surface area contributed by atoms with E-state index >= 15 is 0 Å². The second kappa shape index (κ2) is 6.51. The fraction of sp³-hybridized carbons (Fsp3) is 0.750. The van der Waals surface area contributed by atoms with E-state index in [-0.39, 0.29) is 5.91 Å². The number of aliphatic carboxylic acids is 1. The minimum absolute atomic E-state index is 0.191. The van der Waals surface area contributed by atoms with Crippen molar-refractivity contribution in [2.45, 2.75) is 44.9 Å². The number of ether oxygens (including phenoxy) is 1. The Bertz CT molecular complexity index is 371. The molecule has 1 heterocycles. The Kier molecular flexibility index (Phi) is 5.29. The van der Waals surface area contributed by atoms with E-state index in [1.54, 1.807) is 14.0 Å². The van der Waals surface area contributed by atoms with E-state index < -0.39 is 30.1 Å². The average molecular weight is 272 g/mol. The summed E-state index contributed by atoms with van der Waals surface area (Å²) in [7, 11) is 1.65. The molecule has 1 rings (SSSR count). The highest BCUT2D eigenvalue weighted by Gasteiger charge is 2.35. The minimum Gasteiger partial charge on any atom is -0.479 e. The normalized spacial score (nSPS) is 23.7. The van der Waals surface area contributed by atoms with Crippen molar-refractivity contribution >= 4 is 17.8 Å². The first kappa shape index (κ1) is 15.4. The van der Waals surface area contributed by atoms with Gasteiger partial charge in [0.2, 0.25) is 11.8 Å². The number of rotatable bonds is 5. The Hall–Kier alpha value is -1.63. The van der Waals surface area contributed by atoms with Gasteiger partial charge in [0.25, 0.3) is 0 Å². The van der Waals surface area contributed by atoms with Crippen molar-refractivity contribution in [3.63, 3.8) is 0 Å². The van der Waals surface area contributed by atoms with Gasteiger partial charge in [-0.2, -0.15) is 0 Å². The lowest BCUT2D eigenvalue weighted by Gasteiger charge is -2.21. The summed E-state index contributed by atoms with van der Waals surface area (Å²) in [6.45, 7) is 3.99. The molecular weight excluding hydrogens is 252 g/mol. The summed E-state index contributed by atoms with van der Waals surface area (Å²) in [5.41, 5.74) is 0. The van der Waals surface area contributed by atoms with Gasteiger partial charge < -0.3 is 20.1 Å². The summed E-state index contributed by atoms with van der Waals surface area (Å²) in [6, 6.07) is -0.648. The Labute approximate surface area is 111 Å². The number of nitrogens with one attached hydrogen (secondary N) is 1. The third kappa shape index (κ3) is 3.92. The molecule has 0 aromatic heterocycles. The maximum Gasteiger partial charge on any atom is 0.332 e. The smallest absolute Gasteiger partial charge is 0.332 e. The highest BCUT2D eigenvalue weighted by atomic mass is 16.5. The molecule has 0 aliphatic carbocycles. The van der Waals surface area contributed by atoms with Crippen molar-refractivity contribution in [2.24, 2.45) is 0 Å². The molecule has 0 bridgehead atoms. The third-order valence-electron chi connectivity index (χ3n) is 3.17. The molecule has 2 N–H and O–H groups in total. The molecule has 0 aromatic carbocycles. The molecule has 7 nitrogen and oxygen atoms in total.